The van der Waals surface area contributed by atoms with Gasteiger partial charge >= 0.3 is 23.1 Å². The zero-order valence-corrected chi connectivity index (χ0v) is 8.99. The van der Waals surface area contributed by atoms with Gasteiger partial charge in [0.25, 0.3) is 0 Å². The summed E-state index contributed by atoms with van der Waals surface area (Å²) in [5, 5.41) is 0. The van der Waals surface area contributed by atoms with Crippen molar-refractivity contribution in [1.82, 2.24) is 0 Å². The smallest absolute Gasteiger partial charge is 1.00 e. The van der Waals surface area contributed by atoms with Crippen molar-refractivity contribution in [1.29, 1.82) is 0 Å². The third kappa shape index (κ3) is 17.6. The summed E-state index contributed by atoms with van der Waals surface area (Å²) in [7, 11) is 0. The molecule has 50 valence electrons. The second-order valence-corrected chi connectivity index (χ2v) is 1.15. The van der Waals surface area contributed by atoms with Gasteiger partial charge in [-0.15, -0.1) is 0 Å². The molecule has 0 aromatic rings. The van der Waals surface area contributed by atoms with Crippen LogP contribution in [0.25, 0.3) is 0 Å². The van der Waals surface area contributed by atoms with Crippen molar-refractivity contribution >= 4 is 23.1 Å². The van der Waals surface area contributed by atoms with Crippen LogP contribution in [0.5, 0.6) is 0 Å². The Kier molecular flexibility index (Phi) is 29.3. The number of rotatable bonds is 3. The first kappa shape index (κ1) is 16.5. The van der Waals surface area contributed by atoms with Crippen LogP contribution < -0.4 is 17.0 Å². The van der Waals surface area contributed by atoms with Crippen LogP contribution in [-0.4, -0.2) is 36.3 Å². The first-order valence-electron chi connectivity index (χ1n) is 2.48. The largest absolute Gasteiger partial charge is 2.00 e. The molecule has 0 unspecified atom stereocenters. The number of halogens is 1. The Balaban J connectivity index is -0.000000180. The first-order chi connectivity index (χ1) is 3.41. The zero-order chi connectivity index (χ0) is 5.54. The molecule has 0 aliphatic heterocycles. The molecule has 0 saturated carbocycles. The molecule has 1 nitrogen and oxygen atoms in total. The second kappa shape index (κ2) is 16.0. The van der Waals surface area contributed by atoms with Gasteiger partial charge in [-0.1, -0.05) is 0 Å². The Morgan fingerprint density at radius 2 is 2.11 bits per heavy atom. The summed E-state index contributed by atoms with van der Waals surface area (Å²) in [5.74, 6) is 0. The third-order valence-electron chi connectivity index (χ3n) is 0.609. The van der Waals surface area contributed by atoms with Crippen LogP contribution in [0.4, 0.5) is 0 Å². The molecule has 0 aromatic carbocycles. The maximum Gasteiger partial charge on any atom is 2.00 e. The number of ether oxygens (including phenoxy) is 1. The Hall–Kier alpha value is 0.946. The molecule has 0 radical (unpaired) electrons. The quantitative estimate of drug-likeness (QED) is 0.294. The van der Waals surface area contributed by atoms with E-state index in [1.165, 1.54) is 0 Å². The number of allylic oxidation sites excluding steroid dienone is 1. The normalized spacial score (nSPS) is 8.22. The molecule has 3 heteroatoms. The van der Waals surface area contributed by atoms with Crippen LogP contribution in [0, 0.1) is 6.08 Å². The van der Waals surface area contributed by atoms with E-state index >= 15 is 0 Å². The molecule has 0 fully saturated rings. The standard InChI is InChI=1S/C6H11O.BrH.Mg/c1-3-5-6-7-4-2;;/h5H,4,6H2,1-2H3;1H;/q-1;;+2/p-1. The van der Waals surface area contributed by atoms with E-state index < -0.39 is 0 Å². The van der Waals surface area contributed by atoms with Crippen molar-refractivity contribution in [2.75, 3.05) is 13.2 Å². The van der Waals surface area contributed by atoms with Crippen LogP contribution in [0.15, 0.2) is 6.08 Å². The molecule has 0 aliphatic rings. The monoisotopic (exact) mass is 202 g/mol. The Morgan fingerprint density at radius 1 is 1.56 bits per heavy atom. The Morgan fingerprint density at radius 3 is 2.44 bits per heavy atom. The van der Waals surface area contributed by atoms with Crippen LogP contribution in [-0.2, 0) is 4.74 Å². The first-order valence-corrected chi connectivity index (χ1v) is 2.48. The number of hydrogen-bond donors (Lipinski definition) is 0. The average Bonchev–Trinajstić information content (AvgIpc) is 1.69. The molecule has 0 N–H and O–H groups in total. The van der Waals surface area contributed by atoms with Gasteiger partial charge in [-0.2, -0.15) is 6.92 Å². The molecule has 0 spiro atoms. The molecule has 0 amide bonds. The summed E-state index contributed by atoms with van der Waals surface area (Å²) in [4.78, 5) is 0. The van der Waals surface area contributed by atoms with Crippen molar-refractivity contribution in [3.8, 4) is 0 Å². The zero-order valence-electron chi connectivity index (χ0n) is 5.98. The second-order valence-electron chi connectivity index (χ2n) is 1.15. The molecule has 0 atom stereocenters. The molecule has 0 saturated heterocycles. The molecular formula is C6H11BrMgO. The maximum absolute atomic E-state index is 4.96. The van der Waals surface area contributed by atoms with Crippen LogP contribution in [0.1, 0.15) is 13.8 Å². The van der Waals surface area contributed by atoms with E-state index in [0.29, 0.717) is 6.61 Å². The molecule has 0 bridgehead atoms. The van der Waals surface area contributed by atoms with Crippen LogP contribution in [0.3, 0.4) is 0 Å². The van der Waals surface area contributed by atoms with Crippen molar-refractivity contribution in [2.45, 2.75) is 13.8 Å². The summed E-state index contributed by atoms with van der Waals surface area (Å²) in [5.41, 5.74) is 0. The van der Waals surface area contributed by atoms with Gasteiger partial charge in [0.2, 0.25) is 0 Å². The van der Waals surface area contributed by atoms with Gasteiger partial charge in [0.1, 0.15) is 0 Å². The summed E-state index contributed by atoms with van der Waals surface area (Å²) < 4.78 is 4.96. The van der Waals surface area contributed by atoms with Crippen molar-refractivity contribution in [2.24, 2.45) is 0 Å². The summed E-state index contributed by atoms with van der Waals surface area (Å²) >= 11 is 0. The van der Waals surface area contributed by atoms with E-state index in [1.54, 1.807) is 0 Å². The molecule has 0 aliphatic carbocycles. The fraction of sp³-hybridized carbons (Fsp3) is 0.667. The fourth-order valence-electron chi connectivity index (χ4n) is 0.260. The molecule has 0 aromatic heterocycles. The molecule has 9 heavy (non-hydrogen) atoms. The minimum Gasteiger partial charge on any atom is -1.00 e. The number of hydrogen-bond acceptors (Lipinski definition) is 1. The van der Waals surface area contributed by atoms with Crippen molar-refractivity contribution < 1.29 is 21.7 Å². The van der Waals surface area contributed by atoms with E-state index in [4.69, 9.17) is 4.74 Å². The van der Waals surface area contributed by atoms with Gasteiger partial charge in [-0.05, 0) is 6.92 Å². The van der Waals surface area contributed by atoms with E-state index in [0.717, 1.165) is 6.61 Å². The van der Waals surface area contributed by atoms with Gasteiger partial charge in [-0.25, -0.2) is 6.08 Å². The SMILES string of the molecule is C[C-]=CCOCC.[Br-].[Mg+2]. The average molecular weight is 203 g/mol. The van der Waals surface area contributed by atoms with E-state index in [-0.39, 0.29) is 40.0 Å². The Labute approximate surface area is 83.8 Å². The minimum absolute atomic E-state index is 0. The molecular weight excluding hydrogens is 192 g/mol. The van der Waals surface area contributed by atoms with E-state index in [2.05, 4.69) is 6.08 Å². The summed E-state index contributed by atoms with van der Waals surface area (Å²) in [6, 6.07) is 0. The van der Waals surface area contributed by atoms with Gasteiger partial charge in [0, 0.05) is 13.2 Å². The molecule has 0 heterocycles. The third-order valence-corrected chi connectivity index (χ3v) is 0.609. The Bertz CT molecular complexity index is 57.0. The topological polar surface area (TPSA) is 9.23 Å². The van der Waals surface area contributed by atoms with Gasteiger partial charge in [0.05, 0.1) is 0 Å². The molecule has 0 rings (SSSR count). The van der Waals surface area contributed by atoms with Crippen LogP contribution >= 0.6 is 0 Å². The van der Waals surface area contributed by atoms with Crippen molar-refractivity contribution in [3.63, 3.8) is 0 Å². The van der Waals surface area contributed by atoms with Gasteiger partial charge in [-0.3, -0.25) is 0 Å². The van der Waals surface area contributed by atoms with Gasteiger partial charge < -0.3 is 27.8 Å². The van der Waals surface area contributed by atoms with E-state index in [9.17, 15) is 0 Å². The van der Waals surface area contributed by atoms with Crippen molar-refractivity contribution in [3.05, 3.63) is 12.2 Å². The minimum atomic E-state index is 0. The predicted molar refractivity (Wildman–Crippen MR) is 35.7 cm³/mol. The summed E-state index contributed by atoms with van der Waals surface area (Å²) in [6.07, 6.45) is 4.72. The summed E-state index contributed by atoms with van der Waals surface area (Å²) in [6.45, 7) is 5.33. The fourth-order valence-corrected chi connectivity index (χ4v) is 0.260. The predicted octanol–water partition coefficient (Wildman–Crippen LogP) is -1.97. The maximum atomic E-state index is 4.96. The van der Waals surface area contributed by atoms with Crippen LogP contribution in [0.2, 0.25) is 0 Å². The van der Waals surface area contributed by atoms with E-state index in [1.807, 2.05) is 19.9 Å². The van der Waals surface area contributed by atoms with Gasteiger partial charge in [0.15, 0.2) is 0 Å².